The highest BCUT2D eigenvalue weighted by atomic mass is 35.5. The summed E-state index contributed by atoms with van der Waals surface area (Å²) in [4.78, 5) is 34.5. The zero-order chi connectivity index (χ0) is 23.5. The Morgan fingerprint density at radius 3 is 2.79 bits per heavy atom. The third kappa shape index (κ3) is 3.26. The number of thiol groups is 1. The van der Waals surface area contributed by atoms with Crippen LogP contribution in [0.15, 0.2) is 47.5 Å². The molecule has 0 bridgehead atoms. The first-order valence-electron chi connectivity index (χ1n) is 9.90. The molecule has 0 radical (unpaired) electrons. The summed E-state index contributed by atoms with van der Waals surface area (Å²) >= 11 is 11.1. The van der Waals surface area contributed by atoms with E-state index in [1.807, 2.05) is 0 Å². The first-order valence-corrected chi connectivity index (χ1v) is 10.7. The minimum absolute atomic E-state index is 0.0132. The van der Waals surface area contributed by atoms with Crippen LogP contribution in [0.3, 0.4) is 0 Å². The predicted molar refractivity (Wildman–Crippen MR) is 125 cm³/mol. The molecule has 5 rings (SSSR count). The molecule has 1 saturated heterocycles. The Balaban J connectivity index is 1.79. The van der Waals surface area contributed by atoms with E-state index < -0.39 is 16.2 Å². The number of hydrogen-bond acceptors (Lipinski definition) is 8. The summed E-state index contributed by atoms with van der Waals surface area (Å²) in [5.41, 5.74) is 5.96. The maximum atomic E-state index is 14.1. The van der Waals surface area contributed by atoms with Crippen molar-refractivity contribution >= 4 is 47.3 Å². The van der Waals surface area contributed by atoms with E-state index in [-0.39, 0.29) is 45.2 Å². The van der Waals surface area contributed by atoms with Gasteiger partial charge in [-0.2, -0.15) is 10.1 Å². The van der Waals surface area contributed by atoms with Crippen molar-refractivity contribution in [2.45, 2.75) is 18.2 Å². The van der Waals surface area contributed by atoms with E-state index in [0.717, 1.165) is 0 Å². The molecule has 12 heteroatoms. The highest BCUT2D eigenvalue weighted by molar-refractivity contribution is 7.81. The van der Waals surface area contributed by atoms with Crippen molar-refractivity contribution in [3.8, 4) is 5.69 Å². The third-order valence-electron chi connectivity index (χ3n) is 5.61. The largest absolute Gasteiger partial charge is 0.368 e. The fourth-order valence-electron chi connectivity index (χ4n) is 3.93. The van der Waals surface area contributed by atoms with Gasteiger partial charge in [0.1, 0.15) is 22.0 Å². The first-order chi connectivity index (χ1) is 15.7. The van der Waals surface area contributed by atoms with E-state index in [4.69, 9.17) is 30.0 Å². The molecular weight excluding hydrogens is 469 g/mol. The summed E-state index contributed by atoms with van der Waals surface area (Å²) in [6.45, 7) is 1.86. The second-order valence-electron chi connectivity index (χ2n) is 7.64. The average Bonchev–Trinajstić information content (AvgIpc) is 3.13. The number of nitrogens with two attached hydrogens (primary N) is 1. The lowest BCUT2D eigenvalue weighted by Crippen LogP contribution is -2.57. The molecule has 2 N–H and O–H groups in total. The van der Waals surface area contributed by atoms with Gasteiger partial charge in [-0.15, -0.1) is 12.6 Å². The van der Waals surface area contributed by atoms with Gasteiger partial charge < -0.3 is 10.6 Å². The van der Waals surface area contributed by atoms with Crippen LogP contribution in [0.4, 0.5) is 16.2 Å². The Kier molecular flexibility index (Phi) is 4.91. The monoisotopic (exact) mass is 485 g/mol. The summed E-state index contributed by atoms with van der Waals surface area (Å²) in [6.07, 6.45) is 3.37. The van der Waals surface area contributed by atoms with E-state index in [0.29, 0.717) is 13.0 Å². The predicted octanol–water partition coefficient (Wildman–Crippen LogP) is 2.85. The van der Waals surface area contributed by atoms with Crippen molar-refractivity contribution in [2.24, 2.45) is 0 Å². The number of hydrogen-bond donors (Lipinski definition) is 2. The molecule has 0 aliphatic carbocycles. The molecular formula is C21H17ClFN7O2S. The van der Waals surface area contributed by atoms with E-state index >= 15 is 0 Å². The van der Waals surface area contributed by atoms with E-state index in [2.05, 4.69) is 15.1 Å². The average molecular weight is 486 g/mol. The van der Waals surface area contributed by atoms with Crippen LogP contribution in [0.25, 0.3) is 11.2 Å². The van der Waals surface area contributed by atoms with Gasteiger partial charge in [0.2, 0.25) is 5.95 Å². The molecule has 168 valence electrons. The topological polar surface area (TPSA) is 111 Å². The summed E-state index contributed by atoms with van der Waals surface area (Å²) < 4.78 is 16.7. The number of rotatable bonds is 4. The number of aromatic nitrogens is 5. The quantitative estimate of drug-likeness (QED) is 0.337. The lowest BCUT2D eigenvalue weighted by atomic mass is 9.99. The molecule has 4 aromatic rings. The molecule has 1 atom stereocenters. The van der Waals surface area contributed by atoms with Gasteiger partial charge in [0.05, 0.1) is 16.3 Å². The molecule has 1 unspecified atom stereocenters. The highest BCUT2D eigenvalue weighted by Crippen LogP contribution is 2.46. The number of anilines is 2. The second-order valence-corrected chi connectivity index (χ2v) is 8.79. The van der Waals surface area contributed by atoms with Gasteiger partial charge in [-0.05, 0) is 31.2 Å². The van der Waals surface area contributed by atoms with Gasteiger partial charge in [-0.1, -0.05) is 17.7 Å². The van der Waals surface area contributed by atoms with Crippen molar-refractivity contribution in [3.05, 3.63) is 75.3 Å². The SMILES string of the molecule is CC(=O)c1cnc(N)nc1N1CCC1(S)c1nn2ccc(Cl)c2c(=O)n1-c1cccc(F)c1. The van der Waals surface area contributed by atoms with E-state index in [1.54, 1.807) is 23.2 Å². The van der Waals surface area contributed by atoms with Crippen molar-refractivity contribution in [1.29, 1.82) is 0 Å². The van der Waals surface area contributed by atoms with Crippen LogP contribution in [0, 0.1) is 5.82 Å². The van der Waals surface area contributed by atoms with Gasteiger partial charge in [-0.3, -0.25) is 14.2 Å². The maximum Gasteiger partial charge on any atom is 0.284 e. The maximum absolute atomic E-state index is 14.1. The number of nitrogen functional groups attached to an aromatic ring is 1. The van der Waals surface area contributed by atoms with Crippen LogP contribution < -0.4 is 16.2 Å². The number of nitrogens with zero attached hydrogens (tertiary/aromatic N) is 6. The molecule has 1 fully saturated rings. The van der Waals surface area contributed by atoms with Gasteiger partial charge in [0, 0.05) is 25.4 Å². The summed E-state index contributed by atoms with van der Waals surface area (Å²) in [6, 6.07) is 7.14. The zero-order valence-electron chi connectivity index (χ0n) is 17.2. The minimum atomic E-state index is -1.17. The molecule has 0 saturated carbocycles. The van der Waals surface area contributed by atoms with E-state index in [9.17, 15) is 14.0 Å². The molecule has 0 amide bonds. The number of halogens is 2. The van der Waals surface area contributed by atoms with Crippen LogP contribution in [0.1, 0.15) is 29.5 Å². The first kappa shape index (κ1) is 21.4. The molecule has 1 aromatic carbocycles. The van der Waals surface area contributed by atoms with Crippen LogP contribution in [0.5, 0.6) is 0 Å². The molecule has 3 aromatic heterocycles. The molecule has 1 aliphatic heterocycles. The van der Waals surface area contributed by atoms with Crippen molar-refractivity contribution in [1.82, 2.24) is 24.1 Å². The summed E-state index contributed by atoms with van der Waals surface area (Å²) in [5.74, 6) is -0.301. The van der Waals surface area contributed by atoms with Crippen molar-refractivity contribution < 1.29 is 9.18 Å². The van der Waals surface area contributed by atoms with Gasteiger partial charge in [-0.25, -0.2) is 13.9 Å². The standard InChI is InChI=1S/C21H17ClFN7O2S/c1-11(31)14-10-25-20(24)26-17(14)28-8-6-21(28,33)19-27-29-7-5-15(22)16(29)18(32)30(19)13-4-2-3-12(23)9-13/h2-5,7,9-10,33H,6,8H2,1H3,(H2,24,25,26). The van der Waals surface area contributed by atoms with Crippen molar-refractivity contribution in [3.63, 3.8) is 0 Å². The Morgan fingerprint density at radius 1 is 1.33 bits per heavy atom. The van der Waals surface area contributed by atoms with Gasteiger partial charge in [0.25, 0.3) is 5.56 Å². The fraction of sp³-hybridized carbons (Fsp3) is 0.190. The number of carbonyl (C=O) groups is 1. The number of fused-ring (bicyclic) bond motifs is 1. The number of ketones is 1. The van der Waals surface area contributed by atoms with Crippen LogP contribution in [-0.2, 0) is 4.87 Å². The summed E-state index contributed by atoms with van der Waals surface area (Å²) in [5, 5.41) is 4.84. The number of carbonyl (C=O) groups excluding carboxylic acids is 1. The third-order valence-corrected chi connectivity index (χ3v) is 6.58. The molecule has 0 spiro atoms. The van der Waals surface area contributed by atoms with Gasteiger partial charge in [0.15, 0.2) is 11.6 Å². The Labute approximate surface area is 197 Å². The number of benzene rings is 1. The zero-order valence-corrected chi connectivity index (χ0v) is 18.9. The van der Waals surface area contributed by atoms with E-state index in [1.165, 1.54) is 40.4 Å². The van der Waals surface area contributed by atoms with Crippen LogP contribution in [-0.4, -0.2) is 36.5 Å². The minimum Gasteiger partial charge on any atom is -0.368 e. The van der Waals surface area contributed by atoms with Crippen LogP contribution in [0.2, 0.25) is 5.02 Å². The lowest BCUT2D eigenvalue weighted by Gasteiger charge is -2.50. The molecule has 33 heavy (non-hydrogen) atoms. The molecule has 1 aliphatic rings. The van der Waals surface area contributed by atoms with Crippen molar-refractivity contribution in [2.75, 3.05) is 17.2 Å². The second kappa shape index (κ2) is 7.56. The lowest BCUT2D eigenvalue weighted by molar-refractivity contribution is 0.101. The normalized spacial score (nSPS) is 17.9. The van der Waals surface area contributed by atoms with Crippen LogP contribution >= 0.6 is 24.2 Å². The summed E-state index contributed by atoms with van der Waals surface area (Å²) in [7, 11) is 0. The number of Topliss-reactive ketones (excluding diaryl/α,β-unsaturated/α-hetero) is 1. The Bertz CT molecular complexity index is 1500. The van der Waals surface area contributed by atoms with Gasteiger partial charge >= 0.3 is 0 Å². The highest BCUT2D eigenvalue weighted by Gasteiger charge is 2.49. The molecule has 9 nitrogen and oxygen atoms in total. The Morgan fingerprint density at radius 2 is 2.12 bits per heavy atom. The smallest absolute Gasteiger partial charge is 0.284 e. The fourth-order valence-corrected chi connectivity index (χ4v) is 4.60. The Hall–Kier alpha value is -3.44. The molecule has 4 heterocycles.